The first-order valence-corrected chi connectivity index (χ1v) is 5.77. The van der Waals surface area contributed by atoms with Gasteiger partial charge < -0.3 is 15.0 Å². The number of aromatic nitrogens is 1. The van der Waals surface area contributed by atoms with Crippen LogP contribution in [0.2, 0.25) is 0 Å². The van der Waals surface area contributed by atoms with Crippen molar-refractivity contribution in [1.29, 1.82) is 0 Å². The summed E-state index contributed by atoms with van der Waals surface area (Å²) in [7, 11) is 0. The van der Waals surface area contributed by atoms with Crippen molar-refractivity contribution in [3.8, 4) is 0 Å². The van der Waals surface area contributed by atoms with Gasteiger partial charge in [0.25, 0.3) is 5.56 Å². The van der Waals surface area contributed by atoms with Crippen LogP contribution in [0, 0.1) is 11.8 Å². The highest BCUT2D eigenvalue weighted by Crippen LogP contribution is 2.39. The molecule has 2 atom stereocenters. The van der Waals surface area contributed by atoms with E-state index in [1.165, 1.54) is 16.7 Å². The number of carboxylic acids is 1. The predicted octanol–water partition coefficient (Wildman–Crippen LogP) is 0.527. The highest BCUT2D eigenvalue weighted by molar-refractivity contribution is 5.98. The van der Waals surface area contributed by atoms with E-state index >= 15 is 0 Å². The molecule has 0 radical (unpaired) electrons. The molecular weight excluding hydrogens is 236 g/mol. The molecule has 0 aliphatic heterocycles. The Morgan fingerprint density at radius 2 is 2.17 bits per heavy atom. The molecule has 1 saturated carbocycles. The van der Waals surface area contributed by atoms with Gasteiger partial charge in [0.15, 0.2) is 0 Å². The lowest BCUT2D eigenvalue weighted by molar-refractivity contribution is -0.139. The molecule has 1 heterocycles. The van der Waals surface area contributed by atoms with Crippen molar-refractivity contribution in [2.45, 2.75) is 19.9 Å². The first kappa shape index (κ1) is 12.3. The smallest absolute Gasteiger partial charge is 0.307 e. The van der Waals surface area contributed by atoms with Gasteiger partial charge in [-0.15, -0.1) is 0 Å². The third kappa shape index (κ3) is 2.42. The van der Waals surface area contributed by atoms with Crippen LogP contribution in [0.15, 0.2) is 23.1 Å². The van der Waals surface area contributed by atoms with Gasteiger partial charge in [-0.1, -0.05) is 0 Å². The zero-order valence-electron chi connectivity index (χ0n) is 9.92. The van der Waals surface area contributed by atoms with Crippen LogP contribution < -0.4 is 10.9 Å². The molecule has 1 aliphatic carbocycles. The largest absolute Gasteiger partial charge is 0.481 e. The van der Waals surface area contributed by atoms with E-state index in [0.29, 0.717) is 18.7 Å². The molecule has 1 fully saturated rings. The number of carboxylic acid groups (broad SMARTS) is 1. The Morgan fingerprint density at radius 1 is 1.44 bits per heavy atom. The van der Waals surface area contributed by atoms with Crippen molar-refractivity contribution in [3.63, 3.8) is 0 Å². The van der Waals surface area contributed by atoms with Crippen LogP contribution in [0.5, 0.6) is 0 Å². The molecule has 0 aromatic carbocycles. The van der Waals surface area contributed by atoms with E-state index in [2.05, 4.69) is 5.32 Å². The minimum Gasteiger partial charge on any atom is -0.481 e. The number of nitrogens with one attached hydrogen (secondary N) is 1. The van der Waals surface area contributed by atoms with Gasteiger partial charge >= 0.3 is 5.97 Å². The summed E-state index contributed by atoms with van der Waals surface area (Å²) < 4.78 is 1.47. The molecule has 0 bridgehead atoms. The maximum Gasteiger partial charge on any atom is 0.307 e. The Hall–Kier alpha value is -2.11. The number of carbonyl (C=O) groups is 2. The molecule has 0 unspecified atom stereocenters. The SMILES string of the molecule is CCn1cc(NC(=O)[C@@H]2C[C@@H]2C(=O)O)ccc1=O. The molecule has 1 aromatic rings. The zero-order chi connectivity index (χ0) is 13.3. The quantitative estimate of drug-likeness (QED) is 0.815. The topological polar surface area (TPSA) is 88.4 Å². The van der Waals surface area contributed by atoms with Crippen LogP contribution in [0.1, 0.15) is 13.3 Å². The maximum absolute atomic E-state index is 11.7. The van der Waals surface area contributed by atoms with Gasteiger partial charge in [-0.25, -0.2) is 0 Å². The average molecular weight is 250 g/mol. The first-order chi connectivity index (χ1) is 8.52. The summed E-state index contributed by atoms with van der Waals surface area (Å²) >= 11 is 0. The van der Waals surface area contributed by atoms with E-state index in [4.69, 9.17) is 5.11 Å². The van der Waals surface area contributed by atoms with E-state index in [-0.39, 0.29) is 11.5 Å². The molecule has 0 spiro atoms. The van der Waals surface area contributed by atoms with E-state index < -0.39 is 17.8 Å². The number of hydrogen-bond donors (Lipinski definition) is 2. The van der Waals surface area contributed by atoms with Crippen LogP contribution in [0.3, 0.4) is 0 Å². The number of aryl methyl sites for hydroxylation is 1. The molecule has 6 nitrogen and oxygen atoms in total. The molecule has 1 aromatic heterocycles. The van der Waals surface area contributed by atoms with Gasteiger partial charge in [0.1, 0.15) is 0 Å². The van der Waals surface area contributed by atoms with Crippen LogP contribution in [0.25, 0.3) is 0 Å². The summed E-state index contributed by atoms with van der Waals surface area (Å²) in [5.41, 5.74) is 0.378. The normalized spacial score (nSPS) is 21.4. The molecular formula is C12H14N2O4. The van der Waals surface area contributed by atoms with Crippen LogP contribution >= 0.6 is 0 Å². The van der Waals surface area contributed by atoms with Crippen LogP contribution in [0.4, 0.5) is 5.69 Å². The van der Waals surface area contributed by atoms with E-state index in [1.807, 2.05) is 6.92 Å². The fourth-order valence-electron chi connectivity index (χ4n) is 1.85. The summed E-state index contributed by atoms with van der Waals surface area (Å²) in [6.45, 7) is 2.35. The fourth-order valence-corrected chi connectivity index (χ4v) is 1.85. The molecule has 18 heavy (non-hydrogen) atoms. The number of rotatable bonds is 4. The standard InChI is InChI=1S/C12H14N2O4/c1-2-14-6-7(3-4-10(14)15)13-11(16)8-5-9(8)12(17)18/h3-4,6,8-9H,2,5H2,1H3,(H,13,16)(H,17,18)/t8-,9+/m1/s1. The fraction of sp³-hybridized carbons (Fsp3) is 0.417. The third-order valence-corrected chi connectivity index (χ3v) is 3.04. The highest BCUT2D eigenvalue weighted by Gasteiger charge is 2.48. The van der Waals surface area contributed by atoms with E-state index in [0.717, 1.165) is 0 Å². The second kappa shape index (κ2) is 4.64. The van der Waals surface area contributed by atoms with Gasteiger partial charge in [-0.3, -0.25) is 14.4 Å². The summed E-state index contributed by atoms with van der Waals surface area (Å²) in [6, 6.07) is 2.89. The van der Waals surface area contributed by atoms with Crippen molar-refractivity contribution < 1.29 is 14.7 Å². The second-order valence-electron chi connectivity index (χ2n) is 4.32. The number of carbonyl (C=O) groups excluding carboxylic acids is 1. The molecule has 1 amide bonds. The van der Waals surface area contributed by atoms with Crippen molar-refractivity contribution in [2.24, 2.45) is 11.8 Å². The second-order valence-corrected chi connectivity index (χ2v) is 4.32. The van der Waals surface area contributed by atoms with Gasteiger partial charge in [-0.2, -0.15) is 0 Å². The number of aliphatic carboxylic acids is 1. The molecule has 1 aliphatic rings. The van der Waals surface area contributed by atoms with Gasteiger partial charge in [-0.05, 0) is 19.4 Å². The molecule has 6 heteroatoms. The Balaban J connectivity index is 2.04. The van der Waals surface area contributed by atoms with Gasteiger partial charge in [0.2, 0.25) is 5.91 Å². The average Bonchev–Trinajstić information content (AvgIpc) is 3.11. The van der Waals surface area contributed by atoms with E-state index in [9.17, 15) is 14.4 Å². The highest BCUT2D eigenvalue weighted by atomic mass is 16.4. The van der Waals surface area contributed by atoms with Crippen LogP contribution in [-0.4, -0.2) is 21.6 Å². The molecule has 2 rings (SSSR count). The lowest BCUT2D eigenvalue weighted by Gasteiger charge is -2.07. The van der Waals surface area contributed by atoms with Gasteiger partial charge in [0, 0.05) is 18.8 Å². The van der Waals surface area contributed by atoms with E-state index in [1.54, 1.807) is 6.20 Å². The lowest BCUT2D eigenvalue weighted by Crippen LogP contribution is -2.21. The number of hydrogen-bond acceptors (Lipinski definition) is 3. The maximum atomic E-state index is 11.7. The minimum absolute atomic E-state index is 0.134. The minimum atomic E-state index is -0.936. The molecule has 0 saturated heterocycles. The third-order valence-electron chi connectivity index (χ3n) is 3.04. The van der Waals surface area contributed by atoms with Crippen molar-refractivity contribution in [3.05, 3.63) is 28.7 Å². The van der Waals surface area contributed by atoms with Crippen molar-refractivity contribution in [1.82, 2.24) is 4.57 Å². The summed E-state index contributed by atoms with van der Waals surface area (Å²) in [6.07, 6.45) is 1.94. The first-order valence-electron chi connectivity index (χ1n) is 5.77. The monoisotopic (exact) mass is 250 g/mol. The predicted molar refractivity (Wildman–Crippen MR) is 64.2 cm³/mol. The number of amides is 1. The van der Waals surface area contributed by atoms with Crippen molar-refractivity contribution in [2.75, 3.05) is 5.32 Å². The van der Waals surface area contributed by atoms with Crippen LogP contribution in [-0.2, 0) is 16.1 Å². The Morgan fingerprint density at radius 3 is 2.72 bits per heavy atom. The Bertz CT molecular complexity index is 549. The Labute approximate surface area is 103 Å². The zero-order valence-corrected chi connectivity index (χ0v) is 9.92. The number of anilines is 1. The number of nitrogens with zero attached hydrogens (tertiary/aromatic N) is 1. The summed E-state index contributed by atoms with van der Waals surface area (Å²) in [5, 5.41) is 11.4. The lowest BCUT2D eigenvalue weighted by atomic mass is 10.3. The Kier molecular flexibility index (Phi) is 3.18. The van der Waals surface area contributed by atoms with Crippen molar-refractivity contribution >= 4 is 17.6 Å². The molecule has 2 N–H and O–H groups in total. The molecule has 96 valence electrons. The summed E-state index contributed by atoms with van der Waals surface area (Å²) in [4.78, 5) is 33.7. The summed E-state index contributed by atoms with van der Waals surface area (Å²) in [5.74, 6) is -2.26. The van der Waals surface area contributed by atoms with Gasteiger partial charge in [0.05, 0.1) is 17.5 Å². The number of pyridine rings is 1.